The van der Waals surface area contributed by atoms with Gasteiger partial charge in [0.25, 0.3) is 0 Å². The molecule has 3 saturated carbocycles. The second-order valence-corrected chi connectivity index (χ2v) is 7.01. The molecule has 0 aromatic heterocycles. The van der Waals surface area contributed by atoms with Crippen molar-refractivity contribution in [2.75, 3.05) is 0 Å². The number of rotatable bonds is 3. The first-order chi connectivity index (χ1) is 6.86. The predicted octanol–water partition coefficient (Wildman–Crippen LogP) is 3.58. The van der Waals surface area contributed by atoms with E-state index in [0.29, 0.717) is 5.41 Å². The highest BCUT2D eigenvalue weighted by Gasteiger charge is 2.59. The smallest absolute Gasteiger partial charge is 0.0188 e. The zero-order valence-electron chi connectivity index (χ0n) is 10.8. The van der Waals surface area contributed by atoms with Crippen LogP contribution in [0.2, 0.25) is 0 Å². The Morgan fingerprint density at radius 1 is 1.33 bits per heavy atom. The Morgan fingerprint density at radius 3 is 2.47 bits per heavy atom. The summed E-state index contributed by atoms with van der Waals surface area (Å²) in [6.07, 6.45) is 6.59. The third-order valence-electron chi connectivity index (χ3n) is 5.31. The molecule has 0 amide bonds. The molecule has 3 atom stereocenters. The first kappa shape index (κ1) is 11.4. The van der Waals surface area contributed by atoms with E-state index >= 15 is 0 Å². The van der Waals surface area contributed by atoms with Crippen LogP contribution < -0.4 is 5.73 Å². The maximum atomic E-state index is 6.66. The molecule has 0 spiro atoms. The van der Waals surface area contributed by atoms with E-state index in [1.54, 1.807) is 0 Å². The van der Waals surface area contributed by atoms with Gasteiger partial charge in [0.15, 0.2) is 0 Å². The number of hydrogen-bond donors (Lipinski definition) is 1. The van der Waals surface area contributed by atoms with E-state index in [1.807, 2.05) is 0 Å². The Kier molecular flexibility index (Phi) is 2.65. The monoisotopic (exact) mass is 209 g/mol. The summed E-state index contributed by atoms with van der Waals surface area (Å²) in [4.78, 5) is 0. The first-order valence-corrected chi connectivity index (χ1v) is 6.65. The fourth-order valence-electron chi connectivity index (χ4n) is 3.96. The minimum absolute atomic E-state index is 0.169. The van der Waals surface area contributed by atoms with Gasteiger partial charge in [-0.15, -0.1) is 0 Å². The van der Waals surface area contributed by atoms with Gasteiger partial charge in [0.1, 0.15) is 0 Å². The summed E-state index contributed by atoms with van der Waals surface area (Å²) in [5.41, 5.74) is 7.37. The van der Waals surface area contributed by atoms with Gasteiger partial charge in [-0.1, -0.05) is 27.7 Å². The molecule has 1 nitrogen and oxygen atoms in total. The van der Waals surface area contributed by atoms with Crippen molar-refractivity contribution in [2.45, 2.75) is 65.3 Å². The van der Waals surface area contributed by atoms with E-state index in [-0.39, 0.29) is 5.54 Å². The number of nitrogens with two attached hydrogens (primary N) is 1. The topological polar surface area (TPSA) is 26.0 Å². The van der Waals surface area contributed by atoms with Crippen molar-refractivity contribution < 1.29 is 0 Å². The highest BCUT2D eigenvalue weighted by Crippen LogP contribution is 2.62. The van der Waals surface area contributed by atoms with E-state index in [9.17, 15) is 0 Å². The second-order valence-electron chi connectivity index (χ2n) is 7.01. The van der Waals surface area contributed by atoms with Gasteiger partial charge in [-0.3, -0.25) is 0 Å². The van der Waals surface area contributed by atoms with Gasteiger partial charge in [0.05, 0.1) is 0 Å². The molecule has 2 N–H and O–H groups in total. The van der Waals surface area contributed by atoms with Crippen molar-refractivity contribution in [3.05, 3.63) is 0 Å². The second kappa shape index (κ2) is 3.48. The lowest BCUT2D eigenvalue weighted by Crippen LogP contribution is -2.65. The summed E-state index contributed by atoms with van der Waals surface area (Å²) in [5, 5.41) is 0. The highest BCUT2D eigenvalue weighted by molar-refractivity contribution is 5.12. The van der Waals surface area contributed by atoms with E-state index < -0.39 is 0 Å². The van der Waals surface area contributed by atoms with Crippen molar-refractivity contribution in [2.24, 2.45) is 28.9 Å². The van der Waals surface area contributed by atoms with Gasteiger partial charge >= 0.3 is 0 Å². The maximum Gasteiger partial charge on any atom is 0.0188 e. The first-order valence-electron chi connectivity index (χ1n) is 6.65. The van der Waals surface area contributed by atoms with Gasteiger partial charge in [-0.25, -0.2) is 0 Å². The van der Waals surface area contributed by atoms with Gasteiger partial charge in [0.2, 0.25) is 0 Å². The van der Waals surface area contributed by atoms with Crippen LogP contribution in [0.3, 0.4) is 0 Å². The van der Waals surface area contributed by atoms with Crippen LogP contribution in [-0.2, 0) is 0 Å². The van der Waals surface area contributed by atoms with Crippen LogP contribution in [0, 0.1) is 23.2 Å². The molecule has 2 bridgehead atoms. The third-order valence-corrected chi connectivity index (χ3v) is 5.31. The maximum absolute atomic E-state index is 6.66. The molecule has 1 unspecified atom stereocenters. The fraction of sp³-hybridized carbons (Fsp3) is 1.00. The molecule has 0 aliphatic heterocycles. The van der Waals surface area contributed by atoms with E-state index in [2.05, 4.69) is 27.7 Å². The summed E-state index contributed by atoms with van der Waals surface area (Å²) in [6, 6.07) is 0. The van der Waals surface area contributed by atoms with Gasteiger partial charge in [-0.2, -0.15) is 0 Å². The molecule has 3 rings (SSSR count). The van der Waals surface area contributed by atoms with Gasteiger partial charge in [-0.05, 0) is 55.3 Å². The van der Waals surface area contributed by atoms with Crippen LogP contribution in [-0.4, -0.2) is 5.54 Å². The molecule has 3 aliphatic carbocycles. The lowest BCUT2D eigenvalue weighted by molar-refractivity contribution is -0.120. The van der Waals surface area contributed by atoms with Crippen molar-refractivity contribution in [3.63, 3.8) is 0 Å². The van der Waals surface area contributed by atoms with Crippen LogP contribution in [0.25, 0.3) is 0 Å². The molecule has 0 heterocycles. The molecule has 3 fully saturated rings. The van der Waals surface area contributed by atoms with Gasteiger partial charge in [0, 0.05) is 5.54 Å². The van der Waals surface area contributed by atoms with Crippen LogP contribution in [0.15, 0.2) is 0 Å². The van der Waals surface area contributed by atoms with E-state index in [0.717, 1.165) is 17.8 Å². The molecular weight excluding hydrogens is 182 g/mol. The summed E-state index contributed by atoms with van der Waals surface area (Å²) in [5.74, 6) is 2.56. The van der Waals surface area contributed by atoms with E-state index in [1.165, 1.54) is 32.1 Å². The van der Waals surface area contributed by atoms with Crippen molar-refractivity contribution in [3.8, 4) is 0 Å². The minimum atomic E-state index is 0.169. The molecule has 3 aliphatic rings. The summed E-state index contributed by atoms with van der Waals surface area (Å²) in [7, 11) is 0. The minimum Gasteiger partial charge on any atom is -0.325 e. The molecule has 0 saturated heterocycles. The lowest BCUT2D eigenvalue weighted by atomic mass is 9.42. The Labute approximate surface area is 94.8 Å². The van der Waals surface area contributed by atoms with Crippen LogP contribution in [0.1, 0.15) is 59.8 Å². The Balaban J connectivity index is 2.02. The van der Waals surface area contributed by atoms with Crippen LogP contribution in [0.4, 0.5) is 0 Å². The molecule has 0 aromatic rings. The number of fused-ring (bicyclic) bond motifs is 2. The van der Waals surface area contributed by atoms with Crippen LogP contribution >= 0.6 is 0 Å². The Hall–Kier alpha value is -0.0400. The molecule has 88 valence electrons. The molecule has 0 radical (unpaired) electrons. The molecule has 1 heteroatoms. The number of hydrogen-bond acceptors (Lipinski definition) is 1. The average Bonchev–Trinajstić information content (AvgIpc) is 2.14. The normalized spacial score (nSPS) is 42.8. The average molecular weight is 209 g/mol. The van der Waals surface area contributed by atoms with Crippen molar-refractivity contribution in [1.29, 1.82) is 0 Å². The SMILES string of the molecule is CC(C)CC[C@@]1(N)CC[C@H]2CC1C2(C)C. The molecule has 0 aromatic carbocycles. The van der Waals surface area contributed by atoms with Gasteiger partial charge < -0.3 is 5.73 Å². The zero-order chi connectivity index (χ0) is 11.3. The quantitative estimate of drug-likeness (QED) is 0.755. The van der Waals surface area contributed by atoms with Crippen LogP contribution in [0.5, 0.6) is 0 Å². The fourth-order valence-corrected chi connectivity index (χ4v) is 3.96. The van der Waals surface area contributed by atoms with Crippen molar-refractivity contribution >= 4 is 0 Å². The van der Waals surface area contributed by atoms with Crippen molar-refractivity contribution in [1.82, 2.24) is 0 Å². The predicted molar refractivity (Wildman–Crippen MR) is 65.6 cm³/mol. The van der Waals surface area contributed by atoms with E-state index in [4.69, 9.17) is 5.73 Å². The molecular formula is C14H27N. The largest absolute Gasteiger partial charge is 0.325 e. The summed E-state index contributed by atoms with van der Waals surface area (Å²) >= 11 is 0. The Morgan fingerprint density at radius 2 is 2.00 bits per heavy atom. The zero-order valence-corrected chi connectivity index (χ0v) is 10.8. The lowest BCUT2D eigenvalue weighted by Gasteiger charge is -2.64. The standard InChI is InChI=1S/C14H27N/c1-10(2)5-7-14(15)8-6-11-9-12(14)13(11,3)4/h10-12H,5-9,15H2,1-4H3/t11-,12?,14+/m0/s1. The molecule has 15 heavy (non-hydrogen) atoms. The highest BCUT2D eigenvalue weighted by atomic mass is 14.8. The summed E-state index contributed by atoms with van der Waals surface area (Å²) in [6.45, 7) is 9.48. The Bertz CT molecular complexity index is 242. The summed E-state index contributed by atoms with van der Waals surface area (Å²) < 4.78 is 0. The third kappa shape index (κ3) is 1.73.